The number of hydrogen-bond donors (Lipinski definition) is 1. The molecule has 0 fully saturated rings. The minimum atomic E-state index is -0.794. The average molecular weight is 521 g/mol. The van der Waals surface area contributed by atoms with Gasteiger partial charge in [0.2, 0.25) is 0 Å². The summed E-state index contributed by atoms with van der Waals surface area (Å²) in [5.74, 6) is 1.19. The summed E-state index contributed by atoms with van der Waals surface area (Å²) in [6, 6.07) is 16.5. The van der Waals surface area contributed by atoms with Crippen LogP contribution in [-0.2, 0) is 17.8 Å². The van der Waals surface area contributed by atoms with Crippen LogP contribution in [0.25, 0.3) is 11.1 Å². The number of hydrogen-bond acceptors (Lipinski definition) is 5. The highest BCUT2D eigenvalue weighted by molar-refractivity contribution is 7.98. The van der Waals surface area contributed by atoms with E-state index in [1.54, 1.807) is 11.8 Å². The summed E-state index contributed by atoms with van der Waals surface area (Å²) in [7, 11) is 0. The Morgan fingerprint density at radius 1 is 1.05 bits per heavy atom. The van der Waals surface area contributed by atoms with Crippen LogP contribution >= 0.6 is 11.8 Å². The fourth-order valence-electron chi connectivity index (χ4n) is 4.54. The van der Waals surface area contributed by atoms with Gasteiger partial charge in [0, 0.05) is 32.8 Å². The first-order valence-corrected chi connectivity index (χ1v) is 14.0. The van der Waals surface area contributed by atoms with Gasteiger partial charge in [-0.3, -0.25) is 4.98 Å². The number of ether oxygens (including phenoxy) is 2. The molecule has 1 atom stereocenters. The number of nitrogens with zero attached hydrogens (tertiary/aromatic N) is 1. The lowest BCUT2D eigenvalue weighted by molar-refractivity contribution is 0.0353. The van der Waals surface area contributed by atoms with Gasteiger partial charge in [-0.25, -0.2) is 4.79 Å². The van der Waals surface area contributed by atoms with Crippen LogP contribution in [0.15, 0.2) is 53.4 Å². The molecule has 0 aliphatic carbocycles. The zero-order chi connectivity index (χ0) is 27.3. The van der Waals surface area contributed by atoms with Gasteiger partial charge < -0.3 is 15.2 Å². The number of primary amides is 1. The smallest absolute Gasteiger partial charge is 0.405 e. The molecule has 0 radical (unpaired) electrons. The number of thioether (sulfide) groups is 1. The fourth-order valence-corrected chi connectivity index (χ4v) is 5.08. The molecule has 1 aromatic heterocycles. The third kappa shape index (κ3) is 7.07. The van der Waals surface area contributed by atoms with Crippen LogP contribution in [0, 0.1) is 25.2 Å². The van der Waals surface area contributed by atoms with Gasteiger partial charge in [0.25, 0.3) is 0 Å². The molecular weight excluding hydrogens is 480 g/mol. The highest BCUT2D eigenvalue weighted by Crippen LogP contribution is 2.45. The molecule has 198 valence electrons. The molecule has 5 nitrogen and oxygen atoms in total. The predicted molar refractivity (Wildman–Crippen MR) is 153 cm³/mol. The molecule has 1 unspecified atom stereocenters. The summed E-state index contributed by atoms with van der Waals surface area (Å²) in [6.45, 7) is 15.0. The topological polar surface area (TPSA) is 74.4 Å². The van der Waals surface area contributed by atoms with E-state index in [0.29, 0.717) is 12.5 Å². The summed E-state index contributed by atoms with van der Waals surface area (Å²) in [6.07, 6.45) is 1.42. The number of rotatable bonds is 9. The van der Waals surface area contributed by atoms with Crippen LogP contribution in [0.3, 0.4) is 0 Å². The molecule has 3 aromatic rings. The van der Waals surface area contributed by atoms with Crippen LogP contribution in [-0.4, -0.2) is 17.3 Å². The highest BCUT2D eigenvalue weighted by atomic mass is 32.2. The van der Waals surface area contributed by atoms with E-state index in [1.165, 1.54) is 5.56 Å². The molecule has 0 aliphatic rings. The van der Waals surface area contributed by atoms with Crippen molar-refractivity contribution >= 4 is 17.9 Å². The van der Waals surface area contributed by atoms with Crippen LogP contribution < -0.4 is 10.5 Å². The van der Waals surface area contributed by atoms with E-state index in [-0.39, 0.29) is 0 Å². The van der Waals surface area contributed by atoms with Gasteiger partial charge in [-0.1, -0.05) is 76.6 Å². The van der Waals surface area contributed by atoms with E-state index in [4.69, 9.17) is 20.2 Å². The van der Waals surface area contributed by atoms with Crippen molar-refractivity contribution in [3.05, 3.63) is 76.6 Å². The largest absolute Gasteiger partial charge is 0.488 e. The molecule has 37 heavy (non-hydrogen) atoms. The Morgan fingerprint density at radius 3 is 2.27 bits per heavy atom. The maximum absolute atomic E-state index is 12.1. The first-order valence-electron chi connectivity index (χ1n) is 12.7. The van der Waals surface area contributed by atoms with E-state index < -0.39 is 17.6 Å². The average Bonchev–Trinajstić information content (AvgIpc) is 2.81. The molecule has 3 rings (SSSR count). The lowest BCUT2D eigenvalue weighted by atomic mass is 9.78. The van der Waals surface area contributed by atoms with Crippen molar-refractivity contribution in [2.75, 3.05) is 6.26 Å². The summed E-state index contributed by atoms with van der Waals surface area (Å²) in [5.41, 5.74) is 12.1. The number of carbonyl (C=O) groups is 1. The second-order valence-corrected chi connectivity index (χ2v) is 11.8. The number of para-hydroxylation sites is 1. The van der Waals surface area contributed by atoms with Crippen LogP contribution in [0.2, 0.25) is 0 Å². The second kappa shape index (κ2) is 12.0. The van der Waals surface area contributed by atoms with E-state index in [0.717, 1.165) is 50.7 Å². The fraction of sp³-hybridized carbons (Fsp3) is 0.419. The molecule has 0 saturated heterocycles. The second-order valence-electron chi connectivity index (χ2n) is 11.0. The molecule has 0 aliphatic heterocycles. The minimum absolute atomic E-state index is 0.335. The zero-order valence-corrected chi connectivity index (χ0v) is 24.2. The number of aryl methyl sites for hydroxylation is 2. The molecule has 2 aromatic carbocycles. The van der Waals surface area contributed by atoms with Crippen molar-refractivity contribution in [3.63, 3.8) is 0 Å². The molecule has 6 heteroatoms. The third-order valence-corrected chi connectivity index (χ3v) is 7.06. The van der Waals surface area contributed by atoms with Crippen LogP contribution in [0.4, 0.5) is 4.79 Å². The Labute approximate surface area is 226 Å². The molecule has 1 amide bonds. The lowest BCUT2D eigenvalue weighted by Crippen LogP contribution is -2.29. The minimum Gasteiger partial charge on any atom is -0.488 e. The van der Waals surface area contributed by atoms with Crippen molar-refractivity contribution in [1.29, 1.82) is 0 Å². The summed E-state index contributed by atoms with van der Waals surface area (Å²) >= 11 is 1.65. The van der Waals surface area contributed by atoms with Crippen molar-refractivity contribution < 1.29 is 14.3 Å². The van der Waals surface area contributed by atoms with Crippen LogP contribution in [0.5, 0.6) is 5.75 Å². The van der Waals surface area contributed by atoms with Gasteiger partial charge in [-0.15, -0.1) is 11.8 Å². The number of nitrogens with two attached hydrogens (primary N) is 1. The Balaban J connectivity index is 2.33. The van der Waals surface area contributed by atoms with E-state index in [9.17, 15) is 4.79 Å². The van der Waals surface area contributed by atoms with Crippen molar-refractivity contribution in [2.45, 2.75) is 72.5 Å². The van der Waals surface area contributed by atoms with Gasteiger partial charge in [-0.05, 0) is 55.7 Å². The van der Waals surface area contributed by atoms with Gasteiger partial charge in [0.1, 0.15) is 18.5 Å². The lowest BCUT2D eigenvalue weighted by Gasteiger charge is -2.34. The zero-order valence-electron chi connectivity index (χ0n) is 23.3. The Hall–Kier alpha value is -2.99. The van der Waals surface area contributed by atoms with Gasteiger partial charge in [-0.2, -0.15) is 0 Å². The third-order valence-electron chi connectivity index (χ3n) is 6.29. The number of carbonyl (C=O) groups excluding carboxylic acids is 1. The monoisotopic (exact) mass is 520 g/mol. The predicted octanol–water partition coefficient (Wildman–Crippen LogP) is 8.05. The maximum Gasteiger partial charge on any atom is 0.405 e. The molecule has 0 bridgehead atoms. The molecule has 1 heterocycles. The van der Waals surface area contributed by atoms with E-state index in [1.807, 2.05) is 31.4 Å². The maximum atomic E-state index is 12.1. The van der Waals surface area contributed by atoms with Crippen molar-refractivity contribution in [3.8, 4) is 16.9 Å². The van der Waals surface area contributed by atoms with Crippen molar-refractivity contribution in [2.24, 2.45) is 17.1 Å². The molecule has 0 spiro atoms. The summed E-state index contributed by atoms with van der Waals surface area (Å²) < 4.78 is 12.3. The Bertz CT molecular complexity index is 1230. The molecule has 2 N–H and O–H groups in total. The quantitative estimate of drug-likeness (QED) is 0.289. The number of aromatic nitrogens is 1. The van der Waals surface area contributed by atoms with Crippen molar-refractivity contribution in [1.82, 2.24) is 4.98 Å². The molecular formula is C31H40N2O3S. The Kier molecular flexibility index (Phi) is 9.30. The van der Waals surface area contributed by atoms with Gasteiger partial charge in [0.15, 0.2) is 0 Å². The summed E-state index contributed by atoms with van der Waals surface area (Å²) in [4.78, 5) is 18.3. The van der Waals surface area contributed by atoms with Gasteiger partial charge >= 0.3 is 6.09 Å². The van der Waals surface area contributed by atoms with E-state index >= 15 is 0 Å². The molecule has 0 saturated carbocycles. The number of amides is 1. The highest BCUT2D eigenvalue weighted by Gasteiger charge is 2.36. The number of pyridine rings is 1. The SMILES string of the molecule is CSc1ccccc1OCc1c(C)nc(CC(C)C)c(C(OC(N)=O)C(C)(C)C)c1-c1ccc(C)cc1. The first-order chi connectivity index (χ1) is 17.4. The Morgan fingerprint density at radius 2 is 1.70 bits per heavy atom. The number of benzene rings is 2. The van der Waals surface area contributed by atoms with E-state index in [2.05, 4.69) is 71.9 Å². The van der Waals surface area contributed by atoms with Crippen LogP contribution in [0.1, 0.15) is 68.8 Å². The normalized spacial score (nSPS) is 12.5. The summed E-state index contributed by atoms with van der Waals surface area (Å²) in [5, 5.41) is 0. The standard InChI is InChI=1S/C31H40N2O3S/c1-19(2)17-24-28(29(31(5,6)7)36-30(32)34)27(22-15-13-20(3)14-16-22)23(21(4)33-24)18-35-25-11-9-10-12-26(25)37-8/h9-16,19,29H,17-18H2,1-8H3,(H2,32,34). The van der Waals surface area contributed by atoms with Gasteiger partial charge in [0.05, 0.1) is 0 Å². The first kappa shape index (κ1) is 28.6.